The number of halogens is 1. The zero-order valence-corrected chi connectivity index (χ0v) is 17.3. The Kier molecular flexibility index (Phi) is 4.57. The number of amides is 1. The van der Waals surface area contributed by atoms with Crippen LogP contribution in [0.4, 0.5) is 10.1 Å². The molecule has 3 N–H and O–H groups in total. The van der Waals surface area contributed by atoms with Crippen LogP contribution < -0.4 is 15.8 Å². The first-order valence-corrected chi connectivity index (χ1v) is 11.0. The average Bonchev–Trinajstić information content (AvgIpc) is 2.67. The number of anilines is 1. The van der Waals surface area contributed by atoms with Gasteiger partial charge in [-0.05, 0) is 44.2 Å². The number of aliphatic imine (C=N–C) groups is 1. The number of ether oxygens (including phenoxy) is 1. The number of fused-ring (bicyclic) bond motifs is 2. The van der Waals surface area contributed by atoms with E-state index in [1.54, 1.807) is 32.0 Å². The molecule has 158 valence electrons. The number of benzene rings is 1. The Morgan fingerprint density at radius 2 is 2.03 bits per heavy atom. The van der Waals surface area contributed by atoms with Crippen LogP contribution in [0.25, 0.3) is 0 Å². The van der Waals surface area contributed by atoms with Gasteiger partial charge < -0.3 is 15.8 Å². The summed E-state index contributed by atoms with van der Waals surface area (Å²) in [6.07, 6.45) is 1.30. The van der Waals surface area contributed by atoms with Crippen LogP contribution in [0.2, 0.25) is 0 Å². The summed E-state index contributed by atoms with van der Waals surface area (Å²) in [5.41, 5.74) is 5.99. The molecule has 0 saturated heterocycles. The van der Waals surface area contributed by atoms with E-state index in [0.29, 0.717) is 30.0 Å². The Bertz CT molecular complexity index is 1160. The number of hydrogen-bond donors (Lipinski definition) is 2. The SMILES string of the molecule is CC1(C)C(N)=N[C@@]2(CCOc3ccc(NC(=O)c4ccc(F)cn4)cc32)CS1(=O)=O. The Labute approximate surface area is 173 Å². The monoisotopic (exact) mass is 432 g/mol. The van der Waals surface area contributed by atoms with Crippen molar-refractivity contribution in [3.63, 3.8) is 0 Å². The molecule has 3 heterocycles. The second-order valence-electron chi connectivity index (χ2n) is 7.92. The van der Waals surface area contributed by atoms with Gasteiger partial charge in [-0.15, -0.1) is 0 Å². The van der Waals surface area contributed by atoms with Gasteiger partial charge in [-0.2, -0.15) is 0 Å². The minimum Gasteiger partial charge on any atom is -0.493 e. The fourth-order valence-corrected chi connectivity index (χ4v) is 5.30. The molecule has 0 saturated carbocycles. The van der Waals surface area contributed by atoms with Gasteiger partial charge in [-0.1, -0.05) is 0 Å². The smallest absolute Gasteiger partial charge is 0.274 e. The molecule has 30 heavy (non-hydrogen) atoms. The number of carbonyl (C=O) groups is 1. The summed E-state index contributed by atoms with van der Waals surface area (Å²) in [6.45, 7) is 3.38. The predicted octanol–water partition coefficient (Wildman–Crippen LogP) is 2.01. The number of sulfone groups is 1. The molecular formula is C20H21FN4O4S. The highest BCUT2D eigenvalue weighted by atomic mass is 32.2. The Morgan fingerprint density at radius 3 is 2.70 bits per heavy atom. The topological polar surface area (TPSA) is 124 Å². The molecule has 2 aliphatic rings. The van der Waals surface area contributed by atoms with Crippen molar-refractivity contribution >= 4 is 27.3 Å². The van der Waals surface area contributed by atoms with E-state index in [1.165, 1.54) is 6.07 Å². The maximum atomic E-state index is 13.0. The largest absolute Gasteiger partial charge is 0.493 e. The van der Waals surface area contributed by atoms with Crippen LogP contribution in [0.1, 0.15) is 36.3 Å². The fourth-order valence-electron chi connectivity index (χ4n) is 3.58. The molecule has 0 radical (unpaired) electrons. The summed E-state index contributed by atoms with van der Waals surface area (Å²) in [5.74, 6) is -0.740. The summed E-state index contributed by atoms with van der Waals surface area (Å²) < 4.78 is 43.4. The molecule has 4 rings (SSSR count). The summed E-state index contributed by atoms with van der Waals surface area (Å²) in [4.78, 5) is 20.8. The van der Waals surface area contributed by atoms with E-state index in [0.717, 1.165) is 12.3 Å². The van der Waals surface area contributed by atoms with E-state index >= 15 is 0 Å². The first kappa shape index (κ1) is 20.3. The molecule has 1 spiro atoms. The van der Waals surface area contributed by atoms with Crippen molar-refractivity contribution in [3.05, 3.63) is 53.6 Å². The number of carbonyl (C=O) groups excluding carboxylic acids is 1. The molecule has 1 aromatic heterocycles. The van der Waals surface area contributed by atoms with Gasteiger partial charge in [0.05, 0.1) is 18.6 Å². The van der Waals surface area contributed by atoms with Crippen LogP contribution in [-0.2, 0) is 15.4 Å². The molecule has 2 aromatic rings. The number of rotatable bonds is 2. The quantitative estimate of drug-likeness (QED) is 0.748. The van der Waals surface area contributed by atoms with Gasteiger partial charge in [-0.25, -0.2) is 17.8 Å². The number of nitrogens with zero attached hydrogens (tertiary/aromatic N) is 2. The van der Waals surface area contributed by atoms with E-state index in [1.807, 2.05) is 0 Å². The van der Waals surface area contributed by atoms with E-state index in [4.69, 9.17) is 10.5 Å². The lowest BCUT2D eigenvalue weighted by Gasteiger charge is -2.42. The van der Waals surface area contributed by atoms with Crippen molar-refractivity contribution in [2.45, 2.75) is 30.6 Å². The van der Waals surface area contributed by atoms with Crippen molar-refractivity contribution in [1.29, 1.82) is 0 Å². The van der Waals surface area contributed by atoms with Crippen molar-refractivity contribution in [3.8, 4) is 5.75 Å². The van der Waals surface area contributed by atoms with Gasteiger partial charge >= 0.3 is 0 Å². The van der Waals surface area contributed by atoms with Crippen molar-refractivity contribution in [2.24, 2.45) is 10.7 Å². The molecule has 0 unspecified atom stereocenters. The van der Waals surface area contributed by atoms with Crippen molar-refractivity contribution < 1.29 is 22.3 Å². The van der Waals surface area contributed by atoms with Crippen LogP contribution in [0.15, 0.2) is 41.5 Å². The fraction of sp³-hybridized carbons (Fsp3) is 0.350. The summed E-state index contributed by atoms with van der Waals surface area (Å²) in [7, 11) is -3.59. The standard InChI is InChI=1S/C20H21FN4O4S/c1-19(2)18(22)25-20(11-30(19,27)28)7-8-29-16-6-4-13(9-14(16)20)24-17(26)15-5-3-12(21)10-23-15/h3-6,9-10H,7-8,11H2,1-2H3,(H2,22,25)(H,24,26)/t20-/m0/s1. The van der Waals surface area contributed by atoms with Crippen LogP contribution in [0, 0.1) is 5.82 Å². The third kappa shape index (κ3) is 3.20. The third-order valence-corrected chi connectivity index (χ3v) is 8.25. The molecule has 8 nitrogen and oxygen atoms in total. The minimum absolute atomic E-state index is 0.0457. The van der Waals surface area contributed by atoms with Gasteiger partial charge in [0.1, 0.15) is 33.4 Å². The Balaban J connectivity index is 1.73. The molecule has 1 atom stereocenters. The van der Waals surface area contributed by atoms with Gasteiger partial charge in [0.2, 0.25) is 0 Å². The highest BCUT2D eigenvalue weighted by Gasteiger charge is 2.52. The molecular weight excluding hydrogens is 411 g/mol. The normalized spacial score (nSPS) is 23.8. The number of pyridine rings is 1. The van der Waals surface area contributed by atoms with Crippen LogP contribution in [-0.4, -0.2) is 42.3 Å². The number of amidine groups is 1. The van der Waals surface area contributed by atoms with Gasteiger partial charge in [0.25, 0.3) is 5.91 Å². The van der Waals surface area contributed by atoms with Crippen LogP contribution in [0.3, 0.4) is 0 Å². The Hall–Kier alpha value is -3.01. The molecule has 2 aliphatic heterocycles. The van der Waals surface area contributed by atoms with Crippen LogP contribution >= 0.6 is 0 Å². The van der Waals surface area contributed by atoms with Gasteiger partial charge in [0.15, 0.2) is 9.84 Å². The first-order chi connectivity index (χ1) is 14.0. The highest BCUT2D eigenvalue weighted by molar-refractivity contribution is 7.93. The van der Waals surface area contributed by atoms with Crippen molar-refractivity contribution in [2.75, 3.05) is 17.7 Å². The van der Waals surface area contributed by atoms with E-state index in [-0.39, 0.29) is 17.3 Å². The number of nitrogens with one attached hydrogen (secondary N) is 1. The van der Waals surface area contributed by atoms with E-state index < -0.39 is 31.8 Å². The number of aromatic nitrogens is 1. The summed E-state index contributed by atoms with van der Waals surface area (Å²) >= 11 is 0. The van der Waals surface area contributed by atoms with E-state index in [9.17, 15) is 17.6 Å². The summed E-state index contributed by atoms with van der Waals surface area (Å²) in [6, 6.07) is 7.34. The maximum Gasteiger partial charge on any atom is 0.274 e. The third-order valence-electron chi connectivity index (χ3n) is 5.63. The van der Waals surface area contributed by atoms with Gasteiger partial charge in [0, 0.05) is 17.7 Å². The lowest BCUT2D eigenvalue weighted by atomic mass is 9.85. The zero-order chi connectivity index (χ0) is 21.7. The van der Waals surface area contributed by atoms with Crippen LogP contribution in [0.5, 0.6) is 5.75 Å². The molecule has 0 aliphatic carbocycles. The second-order valence-corrected chi connectivity index (χ2v) is 10.5. The maximum absolute atomic E-state index is 13.0. The lowest BCUT2D eigenvalue weighted by Crippen LogP contribution is -2.56. The first-order valence-electron chi connectivity index (χ1n) is 9.32. The molecule has 0 fully saturated rings. The molecule has 0 bridgehead atoms. The van der Waals surface area contributed by atoms with Gasteiger partial charge in [-0.3, -0.25) is 9.79 Å². The average molecular weight is 432 g/mol. The lowest BCUT2D eigenvalue weighted by molar-refractivity contribution is 0.102. The number of hydrogen-bond acceptors (Lipinski definition) is 7. The van der Waals surface area contributed by atoms with E-state index in [2.05, 4.69) is 15.3 Å². The number of nitrogens with two attached hydrogens (primary N) is 1. The summed E-state index contributed by atoms with van der Waals surface area (Å²) in [5, 5.41) is 2.69. The Morgan fingerprint density at radius 1 is 1.27 bits per heavy atom. The molecule has 1 amide bonds. The molecule has 1 aromatic carbocycles. The zero-order valence-electron chi connectivity index (χ0n) is 16.5. The minimum atomic E-state index is -3.59. The molecule has 10 heteroatoms. The highest BCUT2D eigenvalue weighted by Crippen LogP contribution is 2.46. The van der Waals surface area contributed by atoms with Crippen molar-refractivity contribution in [1.82, 2.24) is 4.98 Å². The predicted molar refractivity (Wildman–Crippen MR) is 110 cm³/mol. The second kappa shape index (κ2) is 6.76.